The van der Waals surface area contributed by atoms with Gasteiger partial charge in [0.05, 0.1) is 29.0 Å². The number of nitrogens with one attached hydrogen (secondary N) is 3. The topological polar surface area (TPSA) is 114 Å². The van der Waals surface area contributed by atoms with Crippen LogP contribution in [0, 0.1) is 5.82 Å². The molecule has 0 saturated carbocycles. The van der Waals surface area contributed by atoms with Crippen LogP contribution in [-0.4, -0.2) is 55.4 Å². The van der Waals surface area contributed by atoms with Crippen LogP contribution in [-0.2, 0) is 24.8 Å². The first-order valence-electron chi connectivity index (χ1n) is 7.58. The SMILES string of the molecule is COCC1(CNS(=O)(=O)c2ccc(NS(C)(=O)=O)c(F)c2)CCCN1.Cl. The van der Waals surface area contributed by atoms with E-state index in [1.54, 1.807) is 7.11 Å². The highest BCUT2D eigenvalue weighted by Gasteiger charge is 2.34. The van der Waals surface area contributed by atoms with Crippen LogP contribution in [0.4, 0.5) is 10.1 Å². The number of hydrogen-bond acceptors (Lipinski definition) is 6. The van der Waals surface area contributed by atoms with Crippen LogP contribution in [0.3, 0.4) is 0 Å². The Kier molecular flexibility index (Phi) is 7.81. The van der Waals surface area contributed by atoms with Gasteiger partial charge in [0.25, 0.3) is 0 Å². The van der Waals surface area contributed by atoms with Gasteiger partial charge in [-0.15, -0.1) is 12.4 Å². The van der Waals surface area contributed by atoms with E-state index >= 15 is 0 Å². The third-order valence-corrected chi connectivity index (χ3v) is 5.89. The molecular formula is C14H23ClFN3O5S2. The maximum Gasteiger partial charge on any atom is 0.240 e. The highest BCUT2D eigenvalue weighted by molar-refractivity contribution is 7.92. The van der Waals surface area contributed by atoms with Crippen molar-refractivity contribution in [1.29, 1.82) is 0 Å². The molecule has 2 rings (SSSR count). The van der Waals surface area contributed by atoms with E-state index in [2.05, 4.69) is 10.0 Å². The summed E-state index contributed by atoms with van der Waals surface area (Å²) >= 11 is 0. The second kappa shape index (κ2) is 8.81. The molecular weight excluding hydrogens is 409 g/mol. The quantitative estimate of drug-likeness (QED) is 0.557. The molecule has 0 bridgehead atoms. The number of ether oxygens (including phenoxy) is 1. The van der Waals surface area contributed by atoms with Crippen molar-refractivity contribution in [2.24, 2.45) is 0 Å². The predicted molar refractivity (Wildman–Crippen MR) is 99.1 cm³/mol. The molecule has 0 spiro atoms. The van der Waals surface area contributed by atoms with Crippen molar-refractivity contribution in [3.8, 4) is 0 Å². The lowest BCUT2D eigenvalue weighted by Gasteiger charge is -2.28. The van der Waals surface area contributed by atoms with E-state index in [0.29, 0.717) is 6.61 Å². The fraction of sp³-hybridized carbons (Fsp3) is 0.571. The minimum atomic E-state index is -3.95. The molecule has 150 valence electrons. The van der Waals surface area contributed by atoms with Crippen LogP contribution < -0.4 is 14.8 Å². The Hall–Kier alpha value is -0.980. The molecule has 0 aromatic heterocycles. The summed E-state index contributed by atoms with van der Waals surface area (Å²) in [5.74, 6) is -0.973. The molecule has 12 heteroatoms. The van der Waals surface area contributed by atoms with Crippen molar-refractivity contribution in [3.05, 3.63) is 24.0 Å². The van der Waals surface area contributed by atoms with Crippen LogP contribution in [0.2, 0.25) is 0 Å². The largest absolute Gasteiger partial charge is 0.383 e. The molecule has 3 N–H and O–H groups in total. The average Bonchev–Trinajstić information content (AvgIpc) is 2.95. The molecule has 1 fully saturated rings. The summed E-state index contributed by atoms with van der Waals surface area (Å²) in [6, 6.07) is 2.99. The van der Waals surface area contributed by atoms with Crippen molar-refractivity contribution in [1.82, 2.24) is 10.0 Å². The number of hydrogen-bond donors (Lipinski definition) is 3. The van der Waals surface area contributed by atoms with Gasteiger partial charge in [0.15, 0.2) is 0 Å². The highest BCUT2D eigenvalue weighted by Crippen LogP contribution is 2.22. The van der Waals surface area contributed by atoms with Crippen molar-refractivity contribution in [3.63, 3.8) is 0 Å². The van der Waals surface area contributed by atoms with Crippen LogP contribution >= 0.6 is 12.4 Å². The molecule has 8 nitrogen and oxygen atoms in total. The van der Waals surface area contributed by atoms with Gasteiger partial charge in [0.2, 0.25) is 20.0 Å². The summed E-state index contributed by atoms with van der Waals surface area (Å²) in [5.41, 5.74) is -0.798. The number of anilines is 1. The minimum absolute atomic E-state index is 0. The van der Waals surface area contributed by atoms with Gasteiger partial charge in [-0.2, -0.15) is 0 Å². The van der Waals surface area contributed by atoms with E-state index in [4.69, 9.17) is 4.74 Å². The second-order valence-electron chi connectivity index (χ2n) is 6.08. The molecule has 0 amide bonds. The van der Waals surface area contributed by atoms with E-state index in [1.165, 1.54) is 0 Å². The number of rotatable bonds is 8. The van der Waals surface area contributed by atoms with Gasteiger partial charge in [-0.3, -0.25) is 4.72 Å². The van der Waals surface area contributed by atoms with Crippen LogP contribution in [0.25, 0.3) is 0 Å². The Balaban J connectivity index is 0.00000338. The standard InChI is InChI=1S/C14H22FN3O5S2.ClH/c1-23-10-14(6-3-7-16-14)9-17-25(21,22)11-4-5-13(12(15)8-11)18-24(2,19)20;/h4-5,8,16-18H,3,6-7,9-10H2,1-2H3;1H. The third kappa shape index (κ3) is 6.03. The molecule has 1 saturated heterocycles. The van der Waals surface area contributed by atoms with Crippen molar-refractivity contribution in [2.75, 3.05) is 37.8 Å². The fourth-order valence-corrected chi connectivity index (χ4v) is 4.44. The van der Waals surface area contributed by atoms with Crippen molar-refractivity contribution >= 4 is 38.1 Å². The second-order valence-corrected chi connectivity index (χ2v) is 9.60. The molecule has 0 aliphatic carbocycles. The first-order valence-corrected chi connectivity index (χ1v) is 11.0. The fourth-order valence-electron chi connectivity index (χ4n) is 2.73. The van der Waals surface area contributed by atoms with Crippen LogP contribution in [0.1, 0.15) is 12.8 Å². The summed E-state index contributed by atoms with van der Waals surface area (Å²) < 4.78 is 70.7. The lowest BCUT2D eigenvalue weighted by molar-refractivity contribution is 0.122. The van der Waals surface area contributed by atoms with Gasteiger partial charge in [-0.1, -0.05) is 0 Å². The van der Waals surface area contributed by atoms with E-state index in [0.717, 1.165) is 43.8 Å². The van der Waals surface area contributed by atoms with Gasteiger partial charge in [-0.25, -0.2) is 25.9 Å². The van der Waals surface area contributed by atoms with Gasteiger partial charge in [0.1, 0.15) is 5.82 Å². The number of halogens is 2. The zero-order chi connectivity index (χ0) is 18.7. The number of sulfonamides is 2. The summed E-state index contributed by atoms with van der Waals surface area (Å²) in [6.45, 7) is 1.22. The zero-order valence-corrected chi connectivity index (χ0v) is 16.9. The minimum Gasteiger partial charge on any atom is -0.383 e. The molecule has 1 atom stereocenters. The molecule has 1 aliphatic rings. The molecule has 1 aromatic rings. The summed E-state index contributed by atoms with van der Waals surface area (Å²) in [7, 11) is -6.07. The molecule has 0 radical (unpaired) electrons. The predicted octanol–water partition coefficient (Wildman–Crippen LogP) is 0.666. The maximum atomic E-state index is 14.0. The molecule has 1 aromatic carbocycles. The Morgan fingerprint density at radius 3 is 2.50 bits per heavy atom. The Morgan fingerprint density at radius 2 is 2.00 bits per heavy atom. The third-order valence-electron chi connectivity index (χ3n) is 3.90. The summed E-state index contributed by atoms with van der Waals surface area (Å²) in [6.07, 6.45) is 2.54. The summed E-state index contributed by atoms with van der Waals surface area (Å²) in [5, 5.41) is 3.24. The molecule has 26 heavy (non-hydrogen) atoms. The first kappa shape index (κ1) is 23.1. The average molecular weight is 432 g/mol. The number of benzene rings is 1. The van der Waals surface area contributed by atoms with Crippen molar-refractivity contribution < 1.29 is 26.0 Å². The van der Waals surface area contributed by atoms with Crippen LogP contribution in [0.15, 0.2) is 23.1 Å². The van der Waals surface area contributed by atoms with E-state index in [1.807, 2.05) is 4.72 Å². The Morgan fingerprint density at radius 1 is 1.31 bits per heavy atom. The van der Waals surface area contributed by atoms with Gasteiger partial charge < -0.3 is 10.1 Å². The van der Waals surface area contributed by atoms with E-state index < -0.39 is 31.4 Å². The lowest BCUT2D eigenvalue weighted by atomic mass is 9.99. The van der Waals surface area contributed by atoms with Gasteiger partial charge >= 0.3 is 0 Å². The van der Waals surface area contributed by atoms with E-state index in [-0.39, 0.29) is 29.5 Å². The van der Waals surface area contributed by atoms with Gasteiger partial charge in [-0.05, 0) is 37.6 Å². The maximum absolute atomic E-state index is 14.0. The molecule has 1 heterocycles. The lowest BCUT2D eigenvalue weighted by Crippen LogP contribution is -2.52. The zero-order valence-electron chi connectivity index (χ0n) is 14.4. The highest BCUT2D eigenvalue weighted by atomic mass is 35.5. The first-order chi connectivity index (χ1) is 11.6. The Bertz CT molecular complexity index is 827. The number of methoxy groups -OCH3 is 1. The molecule has 1 unspecified atom stereocenters. The molecule has 1 aliphatic heterocycles. The van der Waals surface area contributed by atoms with E-state index in [9.17, 15) is 21.2 Å². The monoisotopic (exact) mass is 431 g/mol. The summed E-state index contributed by atoms with van der Waals surface area (Å²) in [4.78, 5) is -0.283. The normalized spacial score (nSPS) is 20.6. The van der Waals surface area contributed by atoms with Gasteiger partial charge in [0, 0.05) is 13.7 Å². The van der Waals surface area contributed by atoms with Crippen LogP contribution in [0.5, 0.6) is 0 Å². The van der Waals surface area contributed by atoms with Crippen molar-refractivity contribution in [2.45, 2.75) is 23.3 Å². The smallest absolute Gasteiger partial charge is 0.240 e. The Labute approximate surface area is 159 Å².